The number of furan rings is 2. The van der Waals surface area contributed by atoms with E-state index in [0.29, 0.717) is 0 Å². The summed E-state index contributed by atoms with van der Waals surface area (Å²) in [6.45, 7) is 0. The van der Waals surface area contributed by atoms with Gasteiger partial charge in [-0.15, -0.1) is 0 Å². The molecule has 3 nitrogen and oxygen atoms in total. The number of hydrogen-bond acceptors (Lipinski definition) is 3. The second kappa shape index (κ2) is 11.8. The Morgan fingerprint density at radius 1 is 0.321 bits per heavy atom. The van der Waals surface area contributed by atoms with Crippen LogP contribution in [0.5, 0.6) is 0 Å². The molecule has 0 saturated carbocycles. The number of benzene rings is 10. The van der Waals surface area contributed by atoms with E-state index in [1.165, 1.54) is 5.39 Å². The van der Waals surface area contributed by atoms with E-state index >= 15 is 4.57 Å². The molecule has 0 unspecified atom stereocenters. The fraction of sp³-hybridized carbons (Fsp3) is 0. The summed E-state index contributed by atoms with van der Waals surface area (Å²) in [5, 5.41) is 14.9. The molecule has 0 fully saturated rings. The van der Waals surface area contributed by atoms with Crippen molar-refractivity contribution in [1.29, 1.82) is 0 Å². The average molecular weight is 735 g/mol. The molecule has 0 atom stereocenters. The smallest absolute Gasteiger partial charge is 0.172 e. The van der Waals surface area contributed by atoms with Crippen molar-refractivity contribution in [1.82, 2.24) is 0 Å². The van der Waals surface area contributed by atoms with Crippen LogP contribution >= 0.6 is 7.14 Å². The zero-order valence-corrected chi connectivity index (χ0v) is 31.0. The van der Waals surface area contributed by atoms with Gasteiger partial charge < -0.3 is 13.4 Å². The lowest BCUT2D eigenvalue weighted by molar-refractivity contribution is 0.593. The zero-order valence-electron chi connectivity index (χ0n) is 30.1. The molecular weight excluding hydrogens is 704 g/mol. The van der Waals surface area contributed by atoms with Gasteiger partial charge in [0.15, 0.2) is 7.14 Å². The van der Waals surface area contributed by atoms with Gasteiger partial charge in [-0.25, -0.2) is 0 Å². The predicted molar refractivity (Wildman–Crippen MR) is 236 cm³/mol. The van der Waals surface area contributed by atoms with Crippen molar-refractivity contribution < 1.29 is 13.4 Å². The molecule has 0 saturated heterocycles. The van der Waals surface area contributed by atoms with E-state index in [4.69, 9.17) is 8.83 Å². The van der Waals surface area contributed by atoms with Gasteiger partial charge in [0.25, 0.3) is 0 Å². The zero-order chi connectivity index (χ0) is 37.0. The van der Waals surface area contributed by atoms with Crippen LogP contribution in [-0.2, 0) is 4.57 Å². The summed E-state index contributed by atoms with van der Waals surface area (Å²) in [5.74, 6) is 0. The largest absolute Gasteiger partial charge is 0.456 e. The van der Waals surface area contributed by atoms with E-state index in [-0.39, 0.29) is 0 Å². The van der Waals surface area contributed by atoms with E-state index in [2.05, 4.69) is 127 Å². The first kappa shape index (κ1) is 31.4. The molecule has 0 bridgehead atoms. The van der Waals surface area contributed by atoms with Crippen LogP contribution in [0.1, 0.15) is 0 Å². The molecular formula is C52H31O3P. The fourth-order valence-corrected chi connectivity index (χ4v) is 12.4. The van der Waals surface area contributed by atoms with Gasteiger partial charge in [0, 0.05) is 42.8 Å². The fourth-order valence-electron chi connectivity index (χ4n) is 9.28. The van der Waals surface area contributed by atoms with Gasteiger partial charge in [0.1, 0.15) is 22.3 Å². The van der Waals surface area contributed by atoms with Crippen LogP contribution in [-0.4, -0.2) is 0 Å². The molecule has 0 N–H and O–H groups in total. The lowest BCUT2D eigenvalue weighted by Gasteiger charge is -2.27. The molecule has 0 aliphatic rings. The number of rotatable bonds is 4. The maximum atomic E-state index is 17.6. The summed E-state index contributed by atoms with van der Waals surface area (Å²) < 4.78 is 30.3. The summed E-state index contributed by atoms with van der Waals surface area (Å²) in [5.41, 5.74) is 5.41. The highest BCUT2D eigenvalue weighted by atomic mass is 31.2. The Bertz CT molecular complexity index is 3510. The third-order valence-corrected chi connectivity index (χ3v) is 14.8. The highest BCUT2D eigenvalue weighted by Crippen LogP contribution is 2.53. The Balaban J connectivity index is 1.34. The Hall–Kier alpha value is -6.93. The number of fused-ring (bicyclic) bond motifs is 13. The van der Waals surface area contributed by atoms with Gasteiger partial charge in [-0.3, -0.25) is 0 Å². The van der Waals surface area contributed by atoms with Crippen molar-refractivity contribution >= 4 is 110 Å². The molecule has 56 heavy (non-hydrogen) atoms. The quantitative estimate of drug-likeness (QED) is 0.103. The minimum atomic E-state index is -3.76. The van der Waals surface area contributed by atoms with E-state index in [1.807, 2.05) is 60.7 Å². The Morgan fingerprint density at radius 3 is 1.29 bits per heavy atom. The molecule has 0 radical (unpaired) electrons. The third kappa shape index (κ3) is 4.32. The minimum absolute atomic E-state index is 0.750. The Kier molecular flexibility index (Phi) is 6.61. The van der Waals surface area contributed by atoms with Gasteiger partial charge in [-0.1, -0.05) is 140 Å². The first-order chi connectivity index (χ1) is 27.7. The Morgan fingerprint density at radius 2 is 0.732 bits per heavy atom. The SMILES string of the molecule is O=P(c1ccc2oc3ccccc3c2c1)(c1ccc2oc3ccccc3c2c1)c1c2ccccc2c(-c2ccccc2)c2c3ccccc3c3ccccc3c12. The first-order valence-electron chi connectivity index (χ1n) is 18.9. The van der Waals surface area contributed by atoms with Crippen molar-refractivity contribution in [3.05, 3.63) is 188 Å². The summed E-state index contributed by atoms with van der Waals surface area (Å²) in [4.78, 5) is 0. The minimum Gasteiger partial charge on any atom is -0.456 e. The van der Waals surface area contributed by atoms with Gasteiger partial charge in [-0.2, -0.15) is 0 Å². The number of hydrogen-bond donors (Lipinski definition) is 0. The lowest BCUT2D eigenvalue weighted by Crippen LogP contribution is -2.27. The normalized spacial score (nSPS) is 12.4. The molecule has 4 heteroatoms. The maximum absolute atomic E-state index is 17.6. The maximum Gasteiger partial charge on any atom is 0.172 e. The number of para-hydroxylation sites is 2. The molecule has 2 aromatic heterocycles. The average Bonchev–Trinajstić information content (AvgIpc) is 3.83. The van der Waals surface area contributed by atoms with Gasteiger partial charge in [0.05, 0.1) is 0 Å². The lowest BCUT2D eigenvalue weighted by atomic mass is 9.86. The Labute approximate surface area is 321 Å². The second-order valence-corrected chi connectivity index (χ2v) is 17.3. The van der Waals surface area contributed by atoms with Crippen LogP contribution in [0.4, 0.5) is 0 Å². The van der Waals surface area contributed by atoms with Crippen molar-refractivity contribution in [3.8, 4) is 11.1 Å². The summed E-state index contributed by atoms with van der Waals surface area (Å²) in [6.07, 6.45) is 0. The molecule has 0 aliphatic carbocycles. The molecule has 12 aromatic rings. The van der Waals surface area contributed by atoms with Crippen LogP contribution in [0.2, 0.25) is 0 Å². The molecule has 12 rings (SSSR count). The van der Waals surface area contributed by atoms with Crippen LogP contribution in [0.15, 0.2) is 197 Å². The van der Waals surface area contributed by atoms with Crippen molar-refractivity contribution in [2.75, 3.05) is 0 Å². The summed E-state index contributed by atoms with van der Waals surface area (Å²) in [6, 6.07) is 65.0. The molecule has 2 heterocycles. The van der Waals surface area contributed by atoms with E-state index < -0.39 is 7.14 Å². The van der Waals surface area contributed by atoms with E-state index in [1.54, 1.807) is 0 Å². The third-order valence-electron chi connectivity index (χ3n) is 11.7. The molecule has 10 aromatic carbocycles. The molecule has 0 aliphatic heterocycles. The molecule has 0 spiro atoms. The summed E-state index contributed by atoms with van der Waals surface area (Å²) >= 11 is 0. The second-order valence-electron chi connectivity index (χ2n) is 14.6. The van der Waals surface area contributed by atoms with Gasteiger partial charge >= 0.3 is 0 Å². The highest BCUT2D eigenvalue weighted by Gasteiger charge is 2.37. The standard InChI is InChI=1S/C52H31O3P/c53-56(33-26-28-47-43(30-33)37-18-10-12-24-45(37)54-47,34-27-29-48-44(31-34)38-19-11-13-25-46(38)55-48)52-42-23-9-8-22-41(42)49(32-14-2-1-3-15-32)50-39-20-6-4-16-35(39)36-17-5-7-21-40(36)51(50)52/h1-31H. The summed E-state index contributed by atoms with van der Waals surface area (Å²) in [7, 11) is -3.76. The van der Waals surface area contributed by atoms with Crippen LogP contribution in [0, 0.1) is 0 Å². The van der Waals surface area contributed by atoms with E-state index in [0.717, 1.165) is 109 Å². The van der Waals surface area contributed by atoms with Gasteiger partial charge in [0.2, 0.25) is 0 Å². The van der Waals surface area contributed by atoms with Gasteiger partial charge in [-0.05, 0) is 97.4 Å². The van der Waals surface area contributed by atoms with Crippen LogP contribution in [0.25, 0.3) is 98.1 Å². The van der Waals surface area contributed by atoms with Crippen molar-refractivity contribution in [2.45, 2.75) is 0 Å². The molecule has 262 valence electrons. The van der Waals surface area contributed by atoms with Crippen LogP contribution in [0.3, 0.4) is 0 Å². The highest BCUT2D eigenvalue weighted by molar-refractivity contribution is 7.86. The molecule has 0 amide bonds. The predicted octanol–water partition coefficient (Wildman–Crippen LogP) is 13.4. The van der Waals surface area contributed by atoms with Crippen molar-refractivity contribution in [3.63, 3.8) is 0 Å². The monoisotopic (exact) mass is 734 g/mol. The van der Waals surface area contributed by atoms with E-state index in [9.17, 15) is 0 Å². The first-order valence-corrected chi connectivity index (χ1v) is 20.7. The van der Waals surface area contributed by atoms with Crippen LogP contribution < -0.4 is 15.9 Å². The van der Waals surface area contributed by atoms with Crippen molar-refractivity contribution in [2.24, 2.45) is 0 Å². The topological polar surface area (TPSA) is 43.4 Å².